The molecule has 0 amide bonds. The summed E-state index contributed by atoms with van der Waals surface area (Å²) in [5.74, 6) is 0. The van der Waals surface area contributed by atoms with Gasteiger partial charge in [-0.1, -0.05) is 65.2 Å². The Labute approximate surface area is 124 Å². The first-order valence-electron chi connectivity index (χ1n) is 8.38. The van der Waals surface area contributed by atoms with Crippen molar-refractivity contribution in [2.24, 2.45) is 0 Å². The van der Waals surface area contributed by atoms with E-state index in [0.717, 1.165) is 25.7 Å². The van der Waals surface area contributed by atoms with E-state index in [-0.39, 0.29) is 11.5 Å². The lowest BCUT2D eigenvalue weighted by atomic mass is 9.89. The van der Waals surface area contributed by atoms with Gasteiger partial charge in [0.05, 0.1) is 0 Å². The van der Waals surface area contributed by atoms with Crippen molar-refractivity contribution < 1.29 is 10.0 Å². The number of unbranched alkanes of at least 4 members (excludes halogenated alkanes) is 8. The van der Waals surface area contributed by atoms with Gasteiger partial charge in [0, 0.05) is 17.8 Å². The van der Waals surface area contributed by atoms with Crippen molar-refractivity contribution in [3.63, 3.8) is 0 Å². The summed E-state index contributed by atoms with van der Waals surface area (Å²) in [6.07, 6.45) is 12.6. The molecule has 1 atom stereocenters. The van der Waals surface area contributed by atoms with Gasteiger partial charge in [0.15, 0.2) is 0 Å². The Balaban J connectivity index is 3.71. The minimum atomic E-state index is -1.09. The van der Waals surface area contributed by atoms with Crippen LogP contribution < -0.4 is 0 Å². The maximum Gasteiger partial charge on any atom is 0.244 e. The van der Waals surface area contributed by atoms with Gasteiger partial charge in [-0.15, -0.1) is 0 Å². The van der Waals surface area contributed by atoms with Crippen molar-refractivity contribution in [1.29, 1.82) is 0 Å². The Morgan fingerprint density at radius 1 is 0.850 bits per heavy atom. The largest absolute Gasteiger partial charge is 0.389 e. The van der Waals surface area contributed by atoms with Crippen molar-refractivity contribution in [2.45, 2.75) is 96.4 Å². The highest BCUT2D eigenvalue weighted by atomic mass is 16.6. The second kappa shape index (κ2) is 12.1. The van der Waals surface area contributed by atoms with Crippen molar-refractivity contribution in [1.82, 2.24) is 0 Å². The van der Waals surface area contributed by atoms with Gasteiger partial charge >= 0.3 is 0 Å². The second-order valence-electron chi connectivity index (χ2n) is 5.97. The zero-order valence-electron chi connectivity index (χ0n) is 13.4. The van der Waals surface area contributed by atoms with Crippen molar-refractivity contribution in [2.75, 3.05) is 6.61 Å². The van der Waals surface area contributed by atoms with Gasteiger partial charge in [-0.3, -0.25) is 10.1 Å². The second-order valence-corrected chi connectivity index (χ2v) is 5.97. The van der Waals surface area contributed by atoms with E-state index in [9.17, 15) is 15.2 Å². The van der Waals surface area contributed by atoms with Crippen molar-refractivity contribution in [3.05, 3.63) is 10.1 Å². The number of nitrogens with zero attached hydrogens (tertiary/aromatic N) is 1. The number of nitro groups is 1. The van der Waals surface area contributed by atoms with Crippen molar-refractivity contribution >= 4 is 0 Å². The summed E-state index contributed by atoms with van der Waals surface area (Å²) < 4.78 is 0. The van der Waals surface area contributed by atoms with E-state index >= 15 is 0 Å². The minimum absolute atomic E-state index is 0.263. The van der Waals surface area contributed by atoms with Crippen LogP contribution in [0.5, 0.6) is 0 Å². The summed E-state index contributed by atoms with van der Waals surface area (Å²) in [5.41, 5.74) is -1.09. The quantitative estimate of drug-likeness (QED) is 0.286. The predicted octanol–water partition coefficient (Wildman–Crippen LogP) is 4.72. The fourth-order valence-corrected chi connectivity index (χ4v) is 2.75. The van der Waals surface area contributed by atoms with E-state index < -0.39 is 5.54 Å². The van der Waals surface area contributed by atoms with Gasteiger partial charge in [-0.25, -0.2) is 0 Å². The van der Waals surface area contributed by atoms with Gasteiger partial charge in [0.1, 0.15) is 6.61 Å². The molecule has 20 heavy (non-hydrogen) atoms. The van der Waals surface area contributed by atoms with Gasteiger partial charge in [-0.05, 0) is 12.8 Å². The van der Waals surface area contributed by atoms with Crippen LogP contribution in [0.25, 0.3) is 0 Å². The first kappa shape index (κ1) is 19.4. The number of aliphatic hydroxyl groups excluding tert-OH is 1. The normalized spacial score (nSPS) is 14.2. The molecule has 0 saturated heterocycles. The standard InChI is InChI=1S/C16H33NO3/c1-3-5-6-7-8-9-10-11-12-14-16(15-18,13-4-2)17(19)20/h18H,3-15H2,1-2H3. The van der Waals surface area contributed by atoms with E-state index in [0.29, 0.717) is 12.8 Å². The number of hydrogen-bond donors (Lipinski definition) is 1. The molecule has 1 unspecified atom stereocenters. The average Bonchev–Trinajstić information content (AvgIpc) is 2.44. The molecule has 0 aliphatic heterocycles. The molecule has 0 fully saturated rings. The highest BCUT2D eigenvalue weighted by molar-refractivity contribution is 4.78. The van der Waals surface area contributed by atoms with Crippen LogP contribution >= 0.6 is 0 Å². The van der Waals surface area contributed by atoms with E-state index in [1.165, 1.54) is 38.5 Å². The number of hydrogen-bond acceptors (Lipinski definition) is 3. The monoisotopic (exact) mass is 287 g/mol. The van der Waals surface area contributed by atoms with Gasteiger partial charge in [0.2, 0.25) is 5.54 Å². The molecule has 1 N–H and O–H groups in total. The molecule has 0 bridgehead atoms. The molecule has 0 rings (SSSR count). The van der Waals surface area contributed by atoms with Crippen LogP contribution in [0.4, 0.5) is 0 Å². The summed E-state index contributed by atoms with van der Waals surface area (Å²) in [6, 6.07) is 0. The maximum absolute atomic E-state index is 11.2. The molecule has 0 aliphatic rings. The summed E-state index contributed by atoms with van der Waals surface area (Å²) >= 11 is 0. The molecular weight excluding hydrogens is 254 g/mol. The average molecular weight is 287 g/mol. The zero-order chi connectivity index (χ0) is 15.3. The summed E-state index contributed by atoms with van der Waals surface area (Å²) in [7, 11) is 0. The van der Waals surface area contributed by atoms with Crippen LogP contribution in [0.1, 0.15) is 90.9 Å². The lowest BCUT2D eigenvalue weighted by Gasteiger charge is -2.22. The molecule has 0 spiro atoms. The summed E-state index contributed by atoms with van der Waals surface area (Å²) in [4.78, 5) is 10.9. The third-order valence-electron chi connectivity index (χ3n) is 4.14. The number of aliphatic hydroxyl groups is 1. The van der Waals surface area contributed by atoms with E-state index in [4.69, 9.17) is 0 Å². The molecule has 0 aromatic rings. The van der Waals surface area contributed by atoms with Gasteiger partial charge in [-0.2, -0.15) is 0 Å². The van der Waals surface area contributed by atoms with E-state index in [1.54, 1.807) is 0 Å². The van der Waals surface area contributed by atoms with Gasteiger partial charge in [0.25, 0.3) is 0 Å². The first-order valence-corrected chi connectivity index (χ1v) is 8.38. The van der Waals surface area contributed by atoms with Gasteiger partial charge < -0.3 is 5.11 Å². The molecule has 0 radical (unpaired) electrons. The predicted molar refractivity (Wildman–Crippen MR) is 83.6 cm³/mol. The van der Waals surface area contributed by atoms with Crippen LogP contribution in [-0.4, -0.2) is 22.2 Å². The van der Waals surface area contributed by atoms with Crippen LogP contribution in [-0.2, 0) is 0 Å². The van der Waals surface area contributed by atoms with Crippen LogP contribution in [0.2, 0.25) is 0 Å². The summed E-state index contributed by atoms with van der Waals surface area (Å²) in [6.45, 7) is 3.83. The molecule has 120 valence electrons. The molecule has 4 heteroatoms. The zero-order valence-corrected chi connectivity index (χ0v) is 13.4. The molecule has 0 aliphatic carbocycles. The third-order valence-corrected chi connectivity index (χ3v) is 4.14. The molecule has 4 nitrogen and oxygen atoms in total. The fraction of sp³-hybridized carbons (Fsp3) is 1.00. The van der Waals surface area contributed by atoms with Crippen molar-refractivity contribution in [3.8, 4) is 0 Å². The molecule has 0 saturated carbocycles. The number of rotatable bonds is 14. The van der Waals surface area contributed by atoms with Crippen LogP contribution in [0.3, 0.4) is 0 Å². The topological polar surface area (TPSA) is 63.4 Å². The Morgan fingerprint density at radius 3 is 1.75 bits per heavy atom. The van der Waals surface area contributed by atoms with Crippen LogP contribution in [0.15, 0.2) is 0 Å². The summed E-state index contributed by atoms with van der Waals surface area (Å²) in [5, 5.41) is 20.5. The SMILES string of the molecule is CCCCCCCCCCCC(CO)(CCC)[N+](=O)[O-]. The molecule has 0 aromatic heterocycles. The first-order chi connectivity index (χ1) is 9.63. The lowest BCUT2D eigenvalue weighted by molar-refractivity contribution is -0.576. The Bertz CT molecular complexity index is 246. The van der Waals surface area contributed by atoms with E-state index in [1.807, 2.05) is 6.92 Å². The smallest absolute Gasteiger partial charge is 0.244 e. The minimum Gasteiger partial charge on any atom is -0.389 e. The lowest BCUT2D eigenvalue weighted by Crippen LogP contribution is -2.42. The third kappa shape index (κ3) is 7.83. The van der Waals surface area contributed by atoms with Crippen LogP contribution in [0, 0.1) is 10.1 Å². The molecule has 0 heterocycles. The molecule has 0 aromatic carbocycles. The Kier molecular flexibility index (Phi) is 11.7. The molecular formula is C16H33NO3. The fourth-order valence-electron chi connectivity index (χ4n) is 2.75. The van der Waals surface area contributed by atoms with E-state index in [2.05, 4.69) is 6.92 Å². The highest BCUT2D eigenvalue weighted by Gasteiger charge is 2.40. The maximum atomic E-state index is 11.2. The Morgan fingerprint density at radius 2 is 1.35 bits per heavy atom. The Hall–Kier alpha value is -0.640. The highest BCUT2D eigenvalue weighted by Crippen LogP contribution is 2.24.